The summed E-state index contributed by atoms with van der Waals surface area (Å²) < 4.78 is 42.7. The van der Waals surface area contributed by atoms with Crippen LogP contribution in [0, 0.1) is 5.92 Å². The molecule has 2 amide bonds. The van der Waals surface area contributed by atoms with E-state index in [0.29, 0.717) is 6.61 Å². The molecule has 1 saturated heterocycles. The Morgan fingerprint density at radius 3 is 2.50 bits per heavy atom. The highest BCUT2D eigenvalue weighted by Crippen LogP contribution is 2.32. The molecule has 0 bridgehead atoms. The van der Waals surface area contributed by atoms with Crippen molar-refractivity contribution in [3.63, 3.8) is 0 Å². The van der Waals surface area contributed by atoms with Crippen LogP contribution >= 0.6 is 0 Å². The first kappa shape index (κ1) is 16.6. The number of nitrogens with zero attached hydrogens (tertiary/aromatic N) is 1. The van der Waals surface area contributed by atoms with Crippen molar-refractivity contribution in [2.45, 2.75) is 25.1 Å². The number of hydrogen-bond donors (Lipinski definition) is 1. The lowest BCUT2D eigenvalue weighted by Gasteiger charge is -2.32. The van der Waals surface area contributed by atoms with Gasteiger partial charge < -0.3 is 15.0 Å². The van der Waals surface area contributed by atoms with Crippen LogP contribution < -0.4 is 10.1 Å². The van der Waals surface area contributed by atoms with Crippen LogP contribution in [0.3, 0.4) is 0 Å². The lowest BCUT2D eigenvalue weighted by molar-refractivity contribution is -0.186. The molecule has 8 heteroatoms. The number of nitrogens with one attached hydrogen (secondary N) is 1. The highest BCUT2D eigenvalue weighted by molar-refractivity contribution is 5.83. The molecule has 1 unspecified atom stereocenters. The third-order valence-electron chi connectivity index (χ3n) is 4.41. The van der Waals surface area contributed by atoms with Gasteiger partial charge in [0, 0.05) is 24.6 Å². The lowest BCUT2D eigenvalue weighted by Crippen LogP contribution is -2.47. The van der Waals surface area contributed by atoms with Crippen LogP contribution in [0.5, 0.6) is 5.75 Å². The number of amides is 2. The minimum atomic E-state index is -4.86. The number of alkyl halides is 3. The number of rotatable bonds is 2. The molecule has 3 rings (SSSR count). The quantitative estimate of drug-likeness (QED) is 0.895. The maximum Gasteiger partial charge on any atom is 0.471 e. The van der Waals surface area contributed by atoms with Gasteiger partial charge in [-0.05, 0) is 18.9 Å². The average Bonchev–Trinajstić information content (AvgIpc) is 2.96. The molecule has 1 N–H and O–H groups in total. The number of carbonyl (C=O) groups excluding carboxylic acids is 2. The largest absolute Gasteiger partial charge is 0.491 e. The van der Waals surface area contributed by atoms with E-state index in [1.807, 2.05) is 24.3 Å². The molecule has 2 aliphatic rings. The van der Waals surface area contributed by atoms with Crippen LogP contribution in [-0.2, 0) is 9.59 Å². The van der Waals surface area contributed by atoms with Gasteiger partial charge in [-0.3, -0.25) is 9.59 Å². The third kappa shape index (κ3) is 3.32. The van der Waals surface area contributed by atoms with Gasteiger partial charge in [0.1, 0.15) is 12.4 Å². The molecule has 1 atom stereocenters. The summed E-state index contributed by atoms with van der Waals surface area (Å²) in [5, 5.41) is 2.89. The average molecular weight is 342 g/mol. The topological polar surface area (TPSA) is 58.6 Å². The lowest BCUT2D eigenvalue weighted by atomic mass is 9.95. The first-order chi connectivity index (χ1) is 11.4. The van der Waals surface area contributed by atoms with Gasteiger partial charge >= 0.3 is 12.1 Å². The van der Waals surface area contributed by atoms with Crippen molar-refractivity contribution in [3.8, 4) is 5.75 Å². The number of piperidine rings is 1. The summed E-state index contributed by atoms with van der Waals surface area (Å²) in [7, 11) is 0. The molecule has 2 heterocycles. The predicted octanol–water partition coefficient (Wildman–Crippen LogP) is 2.04. The fraction of sp³-hybridized carbons (Fsp3) is 0.500. The molecule has 0 aliphatic carbocycles. The van der Waals surface area contributed by atoms with Gasteiger partial charge in [-0.2, -0.15) is 13.2 Å². The second kappa shape index (κ2) is 6.33. The zero-order valence-electron chi connectivity index (χ0n) is 12.8. The Bertz CT molecular complexity index is 640. The number of hydrogen-bond acceptors (Lipinski definition) is 3. The minimum absolute atomic E-state index is 0.0613. The Hall–Kier alpha value is -2.25. The summed E-state index contributed by atoms with van der Waals surface area (Å²) in [5.74, 6) is -1.71. The summed E-state index contributed by atoms with van der Waals surface area (Å²) in [5.41, 5.74) is 0.899. The fourth-order valence-electron chi connectivity index (χ4n) is 3.10. The molecule has 0 saturated carbocycles. The number of fused-ring (bicyclic) bond motifs is 1. The van der Waals surface area contributed by atoms with Crippen molar-refractivity contribution in [3.05, 3.63) is 29.8 Å². The van der Waals surface area contributed by atoms with Crippen LogP contribution in [0.15, 0.2) is 24.3 Å². The van der Waals surface area contributed by atoms with Crippen LogP contribution in [0.25, 0.3) is 0 Å². The van der Waals surface area contributed by atoms with Crippen LogP contribution in [-0.4, -0.2) is 42.6 Å². The molecule has 2 aliphatic heterocycles. The molecule has 0 spiro atoms. The Labute approximate surface area is 136 Å². The maximum absolute atomic E-state index is 12.4. The number of likely N-dealkylation sites (tertiary alicyclic amines) is 1. The Morgan fingerprint density at radius 1 is 1.17 bits per heavy atom. The van der Waals surface area contributed by atoms with E-state index in [2.05, 4.69) is 5.32 Å². The van der Waals surface area contributed by atoms with Crippen molar-refractivity contribution < 1.29 is 27.5 Å². The molecule has 5 nitrogen and oxygen atoms in total. The van der Waals surface area contributed by atoms with Gasteiger partial charge in [0.25, 0.3) is 0 Å². The molecule has 1 aromatic carbocycles. The number of benzene rings is 1. The Kier molecular flexibility index (Phi) is 4.38. The predicted molar refractivity (Wildman–Crippen MR) is 78.2 cm³/mol. The molecular weight excluding hydrogens is 325 g/mol. The van der Waals surface area contributed by atoms with Crippen molar-refractivity contribution in [1.82, 2.24) is 10.2 Å². The van der Waals surface area contributed by atoms with Gasteiger partial charge in [0.2, 0.25) is 5.91 Å². The van der Waals surface area contributed by atoms with E-state index in [4.69, 9.17) is 4.74 Å². The smallest absolute Gasteiger partial charge is 0.471 e. The van der Waals surface area contributed by atoms with Gasteiger partial charge in [0.05, 0.1) is 6.04 Å². The summed E-state index contributed by atoms with van der Waals surface area (Å²) in [6.45, 7) is 0.221. The van der Waals surface area contributed by atoms with Crippen molar-refractivity contribution in [1.29, 1.82) is 0 Å². The SMILES string of the molecule is O=C(NC1COc2ccccc21)C1CCN(C(=O)C(F)(F)F)CC1. The normalized spacial score (nSPS) is 21.1. The fourth-order valence-corrected chi connectivity index (χ4v) is 3.10. The second-order valence-corrected chi connectivity index (χ2v) is 5.97. The minimum Gasteiger partial charge on any atom is -0.491 e. The van der Waals surface area contributed by atoms with Gasteiger partial charge in [-0.25, -0.2) is 0 Å². The van der Waals surface area contributed by atoms with Gasteiger partial charge in [0.15, 0.2) is 0 Å². The van der Waals surface area contributed by atoms with Gasteiger partial charge in [-0.15, -0.1) is 0 Å². The van der Waals surface area contributed by atoms with Crippen LogP contribution in [0.4, 0.5) is 13.2 Å². The summed E-state index contributed by atoms with van der Waals surface area (Å²) in [6.07, 6.45) is -4.41. The molecule has 0 aromatic heterocycles. The highest BCUT2D eigenvalue weighted by Gasteiger charge is 2.43. The van der Waals surface area contributed by atoms with Crippen LogP contribution in [0.1, 0.15) is 24.4 Å². The monoisotopic (exact) mass is 342 g/mol. The molecule has 0 radical (unpaired) electrons. The first-order valence-corrected chi connectivity index (χ1v) is 7.74. The van der Waals surface area contributed by atoms with Crippen molar-refractivity contribution >= 4 is 11.8 Å². The third-order valence-corrected chi connectivity index (χ3v) is 4.41. The van der Waals surface area contributed by atoms with E-state index in [1.54, 1.807) is 0 Å². The molecular formula is C16H17F3N2O3. The highest BCUT2D eigenvalue weighted by atomic mass is 19.4. The molecule has 24 heavy (non-hydrogen) atoms. The number of halogens is 3. The van der Waals surface area contributed by atoms with Crippen molar-refractivity contribution in [2.24, 2.45) is 5.92 Å². The number of ether oxygens (including phenoxy) is 1. The van der Waals surface area contributed by atoms with Crippen LogP contribution in [0.2, 0.25) is 0 Å². The first-order valence-electron chi connectivity index (χ1n) is 7.74. The zero-order chi connectivity index (χ0) is 17.3. The summed E-state index contributed by atoms with van der Waals surface area (Å²) in [4.78, 5) is 24.3. The standard InChI is InChI=1S/C16H17F3N2O3/c17-16(18,19)15(23)21-7-5-10(6-8-21)14(22)20-12-9-24-13-4-2-1-3-11(12)13/h1-4,10,12H,5-9H2,(H,20,22). The maximum atomic E-state index is 12.4. The van der Waals surface area contributed by atoms with E-state index in [0.717, 1.165) is 16.2 Å². The second-order valence-electron chi connectivity index (χ2n) is 5.97. The summed E-state index contributed by atoms with van der Waals surface area (Å²) >= 11 is 0. The molecule has 1 fully saturated rings. The summed E-state index contributed by atoms with van der Waals surface area (Å²) in [6, 6.07) is 7.15. The van der Waals surface area contributed by atoms with Crippen molar-refractivity contribution in [2.75, 3.05) is 19.7 Å². The van der Waals surface area contributed by atoms with E-state index >= 15 is 0 Å². The van der Waals surface area contributed by atoms with Gasteiger partial charge in [-0.1, -0.05) is 18.2 Å². The molecule has 130 valence electrons. The number of carbonyl (C=O) groups is 2. The van der Waals surface area contributed by atoms with E-state index in [-0.39, 0.29) is 37.9 Å². The molecule has 1 aromatic rings. The van der Waals surface area contributed by atoms with E-state index < -0.39 is 18.0 Å². The Balaban J connectivity index is 1.54. The number of para-hydroxylation sites is 1. The van der Waals surface area contributed by atoms with E-state index in [1.165, 1.54) is 0 Å². The zero-order valence-corrected chi connectivity index (χ0v) is 12.8. The Morgan fingerprint density at radius 2 is 1.83 bits per heavy atom. The van der Waals surface area contributed by atoms with E-state index in [9.17, 15) is 22.8 Å².